The second-order valence-electron chi connectivity index (χ2n) is 3.74. The number of ether oxygens (including phenoxy) is 1. The highest BCUT2D eigenvalue weighted by atomic mass is 79.9. The van der Waals surface area contributed by atoms with Gasteiger partial charge in [0.1, 0.15) is 10.7 Å². The molecule has 0 saturated heterocycles. The normalized spacial score (nSPS) is 10.4. The number of thiophene rings is 1. The summed E-state index contributed by atoms with van der Waals surface area (Å²) in [5.74, 6) is -0.799. The first-order valence-corrected chi connectivity index (χ1v) is 6.83. The summed E-state index contributed by atoms with van der Waals surface area (Å²) in [6.45, 7) is 1.85. The van der Waals surface area contributed by atoms with E-state index in [-0.39, 0.29) is 5.82 Å². The Morgan fingerprint density at radius 3 is 2.83 bits per heavy atom. The largest absolute Gasteiger partial charge is 0.465 e. The number of halogens is 2. The van der Waals surface area contributed by atoms with Crippen LogP contribution in [0.2, 0.25) is 0 Å². The van der Waals surface area contributed by atoms with E-state index >= 15 is 0 Å². The molecule has 2 nitrogen and oxygen atoms in total. The first kappa shape index (κ1) is 13.2. The summed E-state index contributed by atoms with van der Waals surface area (Å²) >= 11 is 4.57. The van der Waals surface area contributed by atoms with Crippen molar-refractivity contribution < 1.29 is 13.9 Å². The van der Waals surface area contributed by atoms with Gasteiger partial charge in [0.2, 0.25) is 0 Å². The van der Waals surface area contributed by atoms with Crippen LogP contribution in [0, 0.1) is 12.7 Å². The molecule has 0 aliphatic carbocycles. The summed E-state index contributed by atoms with van der Waals surface area (Å²) in [6, 6.07) is 4.66. The zero-order valence-corrected chi connectivity index (χ0v) is 12.2. The Morgan fingerprint density at radius 1 is 1.44 bits per heavy atom. The van der Waals surface area contributed by atoms with Gasteiger partial charge >= 0.3 is 5.97 Å². The van der Waals surface area contributed by atoms with E-state index in [1.54, 1.807) is 12.1 Å². The average molecular weight is 329 g/mol. The maximum atomic E-state index is 13.9. The quantitative estimate of drug-likeness (QED) is 0.763. The number of hydrogen-bond acceptors (Lipinski definition) is 3. The van der Waals surface area contributed by atoms with Crippen molar-refractivity contribution in [1.29, 1.82) is 0 Å². The van der Waals surface area contributed by atoms with Gasteiger partial charge in [0, 0.05) is 15.6 Å². The predicted octanol–water partition coefficient (Wildman–Crippen LogP) is 4.41. The Bertz CT molecular complexity index is 607. The third-order valence-corrected chi connectivity index (χ3v) is 4.11. The van der Waals surface area contributed by atoms with Gasteiger partial charge in [-0.2, -0.15) is 0 Å². The van der Waals surface area contributed by atoms with E-state index in [0.717, 1.165) is 10.0 Å². The molecule has 2 aromatic rings. The maximum Gasteiger partial charge on any atom is 0.348 e. The summed E-state index contributed by atoms with van der Waals surface area (Å²) in [7, 11) is 1.32. The number of rotatable bonds is 2. The lowest BCUT2D eigenvalue weighted by Gasteiger charge is -2.06. The zero-order valence-electron chi connectivity index (χ0n) is 9.79. The number of carbonyl (C=O) groups is 1. The molecule has 0 amide bonds. The molecule has 0 aliphatic heterocycles. The molecule has 0 N–H and O–H groups in total. The van der Waals surface area contributed by atoms with Crippen molar-refractivity contribution in [3.63, 3.8) is 0 Å². The van der Waals surface area contributed by atoms with Crippen LogP contribution in [0.25, 0.3) is 11.1 Å². The van der Waals surface area contributed by atoms with Gasteiger partial charge in [-0.25, -0.2) is 9.18 Å². The van der Waals surface area contributed by atoms with Gasteiger partial charge in [-0.3, -0.25) is 0 Å². The average Bonchev–Trinajstić information content (AvgIpc) is 2.73. The third-order valence-electron chi connectivity index (χ3n) is 2.54. The number of esters is 1. The molecule has 18 heavy (non-hydrogen) atoms. The topological polar surface area (TPSA) is 26.3 Å². The predicted molar refractivity (Wildman–Crippen MR) is 73.5 cm³/mol. The molecule has 0 spiro atoms. The fourth-order valence-electron chi connectivity index (χ4n) is 1.71. The van der Waals surface area contributed by atoms with Gasteiger partial charge in [-0.1, -0.05) is 15.9 Å². The number of aryl methyl sites for hydroxylation is 1. The van der Waals surface area contributed by atoms with Crippen molar-refractivity contribution in [1.82, 2.24) is 0 Å². The second-order valence-corrected chi connectivity index (χ2v) is 5.53. The molecule has 1 aromatic carbocycles. The molecule has 5 heteroatoms. The summed E-state index contributed by atoms with van der Waals surface area (Å²) in [5, 5.41) is 1.82. The highest BCUT2D eigenvalue weighted by molar-refractivity contribution is 9.10. The van der Waals surface area contributed by atoms with Gasteiger partial charge < -0.3 is 4.74 Å². The van der Waals surface area contributed by atoms with Gasteiger partial charge in [0.25, 0.3) is 0 Å². The zero-order chi connectivity index (χ0) is 13.3. The van der Waals surface area contributed by atoms with Crippen molar-refractivity contribution in [2.75, 3.05) is 7.11 Å². The Morgan fingerprint density at radius 2 is 2.17 bits per heavy atom. The van der Waals surface area contributed by atoms with Gasteiger partial charge in [0.15, 0.2) is 0 Å². The molecule has 0 bridgehead atoms. The van der Waals surface area contributed by atoms with Crippen LogP contribution in [0.5, 0.6) is 0 Å². The molecule has 0 aliphatic rings. The van der Waals surface area contributed by atoms with E-state index < -0.39 is 5.97 Å². The monoisotopic (exact) mass is 328 g/mol. The number of carbonyl (C=O) groups excluding carboxylic acids is 1. The van der Waals surface area contributed by atoms with Crippen LogP contribution in [0.15, 0.2) is 28.1 Å². The summed E-state index contributed by atoms with van der Waals surface area (Å²) in [6.07, 6.45) is 0. The number of methoxy groups -OCH3 is 1. The minimum atomic E-state index is -0.442. The van der Waals surface area contributed by atoms with E-state index in [0.29, 0.717) is 16.0 Å². The van der Waals surface area contributed by atoms with Gasteiger partial charge in [0.05, 0.1) is 7.11 Å². The molecular formula is C13H10BrFO2S. The number of benzene rings is 1. The van der Waals surface area contributed by atoms with Crippen LogP contribution >= 0.6 is 27.3 Å². The van der Waals surface area contributed by atoms with Gasteiger partial charge in [-0.05, 0) is 36.1 Å². The van der Waals surface area contributed by atoms with E-state index in [4.69, 9.17) is 4.74 Å². The lowest BCUT2D eigenvalue weighted by atomic mass is 10.0. The van der Waals surface area contributed by atoms with Crippen molar-refractivity contribution in [2.24, 2.45) is 0 Å². The summed E-state index contributed by atoms with van der Waals surface area (Å²) < 4.78 is 19.4. The standard InChI is InChI=1S/C13H10BrFO2S/c1-7-6-18-12(13(16)17-2)11(7)9-5-8(14)3-4-10(9)15/h3-6H,1-2H3. The molecule has 0 saturated carbocycles. The summed E-state index contributed by atoms with van der Waals surface area (Å²) in [4.78, 5) is 12.1. The molecule has 1 aromatic heterocycles. The van der Waals surface area contributed by atoms with Crippen LogP contribution in [-0.2, 0) is 4.74 Å². The van der Waals surface area contributed by atoms with Gasteiger partial charge in [-0.15, -0.1) is 11.3 Å². The Kier molecular flexibility index (Phi) is 3.82. The highest BCUT2D eigenvalue weighted by Gasteiger charge is 2.20. The highest BCUT2D eigenvalue weighted by Crippen LogP contribution is 2.35. The van der Waals surface area contributed by atoms with Crippen LogP contribution in [0.3, 0.4) is 0 Å². The van der Waals surface area contributed by atoms with E-state index in [9.17, 15) is 9.18 Å². The van der Waals surface area contributed by atoms with Crippen molar-refractivity contribution >= 4 is 33.2 Å². The Labute approximate surface area is 117 Å². The summed E-state index contributed by atoms with van der Waals surface area (Å²) in [5.41, 5.74) is 1.87. The molecule has 0 fully saturated rings. The Balaban J connectivity index is 2.66. The van der Waals surface area contributed by atoms with E-state index in [1.807, 2.05) is 12.3 Å². The minimum Gasteiger partial charge on any atom is -0.465 e. The van der Waals surface area contributed by atoms with Crippen molar-refractivity contribution in [3.8, 4) is 11.1 Å². The molecular weight excluding hydrogens is 319 g/mol. The lowest BCUT2D eigenvalue weighted by Crippen LogP contribution is -2.01. The van der Waals surface area contributed by atoms with Crippen LogP contribution in [0.4, 0.5) is 4.39 Å². The molecule has 0 atom stereocenters. The first-order chi connectivity index (χ1) is 8.54. The van der Waals surface area contributed by atoms with Crippen molar-refractivity contribution in [2.45, 2.75) is 6.92 Å². The van der Waals surface area contributed by atoms with Crippen LogP contribution < -0.4 is 0 Å². The third kappa shape index (κ3) is 2.33. The molecule has 94 valence electrons. The van der Waals surface area contributed by atoms with E-state index in [1.165, 1.54) is 24.5 Å². The van der Waals surface area contributed by atoms with Crippen LogP contribution in [0.1, 0.15) is 15.2 Å². The molecule has 0 radical (unpaired) electrons. The maximum absolute atomic E-state index is 13.9. The smallest absolute Gasteiger partial charge is 0.348 e. The second kappa shape index (κ2) is 5.20. The lowest BCUT2D eigenvalue weighted by molar-refractivity contribution is 0.0607. The molecule has 1 heterocycles. The Hall–Kier alpha value is -1.20. The SMILES string of the molecule is COC(=O)c1scc(C)c1-c1cc(Br)ccc1F. The van der Waals surface area contributed by atoms with Crippen molar-refractivity contribution in [3.05, 3.63) is 44.3 Å². The molecule has 2 rings (SSSR count). The first-order valence-electron chi connectivity index (χ1n) is 5.16. The fourth-order valence-corrected chi connectivity index (χ4v) is 3.05. The van der Waals surface area contributed by atoms with E-state index in [2.05, 4.69) is 15.9 Å². The number of hydrogen-bond donors (Lipinski definition) is 0. The van der Waals surface area contributed by atoms with Crippen LogP contribution in [-0.4, -0.2) is 13.1 Å². The fraction of sp³-hybridized carbons (Fsp3) is 0.154. The molecule has 0 unspecified atom stereocenters. The minimum absolute atomic E-state index is 0.357.